The largest absolute Gasteiger partial charge is 0.342 e. The predicted octanol–water partition coefficient (Wildman–Crippen LogP) is -0.282. The molecule has 0 spiro atoms. The van der Waals surface area contributed by atoms with Crippen molar-refractivity contribution in [3.8, 4) is 0 Å². The van der Waals surface area contributed by atoms with Crippen LogP contribution in [0.4, 0.5) is 0 Å². The average Bonchev–Trinajstić information content (AvgIpc) is 3.06. The van der Waals surface area contributed by atoms with E-state index in [-0.39, 0.29) is 24.4 Å². The number of piperazine rings is 1. The Hall–Kier alpha value is -2.74. The van der Waals surface area contributed by atoms with Crippen LogP contribution in [-0.4, -0.2) is 57.4 Å². The van der Waals surface area contributed by atoms with Crippen LogP contribution in [-0.2, 0) is 11.8 Å². The Bertz CT molecular complexity index is 714. The molecule has 1 aliphatic rings. The first-order chi connectivity index (χ1) is 11.7. The molecule has 2 N–H and O–H groups in total. The quantitative estimate of drug-likeness (QED) is 0.805. The van der Waals surface area contributed by atoms with Crippen LogP contribution in [0.3, 0.4) is 0 Å². The number of rotatable bonds is 4. The van der Waals surface area contributed by atoms with Gasteiger partial charge in [0.05, 0.1) is 6.54 Å². The third kappa shape index (κ3) is 3.43. The zero-order valence-corrected chi connectivity index (χ0v) is 13.5. The summed E-state index contributed by atoms with van der Waals surface area (Å²) in [5.74, 6) is 0.341. The van der Waals surface area contributed by atoms with Crippen LogP contribution in [0, 0.1) is 0 Å². The van der Waals surface area contributed by atoms with Crippen LogP contribution in [0.1, 0.15) is 22.4 Å². The SMILES string of the molecule is Cn1ccnc1C1CNCCN1C(=O)CNC(=O)c1ccccn1. The third-order valence-corrected chi connectivity index (χ3v) is 4.02. The van der Waals surface area contributed by atoms with Crippen LogP contribution in [0.2, 0.25) is 0 Å². The molecule has 2 aromatic heterocycles. The van der Waals surface area contributed by atoms with Crippen molar-refractivity contribution in [2.45, 2.75) is 6.04 Å². The number of hydrogen-bond acceptors (Lipinski definition) is 5. The van der Waals surface area contributed by atoms with Gasteiger partial charge in [-0.05, 0) is 12.1 Å². The molecule has 2 amide bonds. The fourth-order valence-corrected chi connectivity index (χ4v) is 2.78. The monoisotopic (exact) mass is 328 g/mol. The van der Waals surface area contributed by atoms with Crippen molar-refractivity contribution >= 4 is 11.8 Å². The Morgan fingerprint density at radius 1 is 1.33 bits per heavy atom. The normalized spacial score (nSPS) is 17.5. The number of carbonyl (C=O) groups is 2. The second kappa shape index (κ2) is 7.22. The summed E-state index contributed by atoms with van der Waals surface area (Å²) in [6, 6.07) is 4.94. The van der Waals surface area contributed by atoms with Gasteiger partial charge in [-0.1, -0.05) is 6.07 Å². The highest BCUT2D eigenvalue weighted by Gasteiger charge is 2.30. The van der Waals surface area contributed by atoms with Crippen molar-refractivity contribution in [2.75, 3.05) is 26.2 Å². The molecule has 1 fully saturated rings. The zero-order valence-electron chi connectivity index (χ0n) is 13.5. The highest BCUT2D eigenvalue weighted by molar-refractivity contribution is 5.94. The van der Waals surface area contributed by atoms with E-state index in [4.69, 9.17) is 0 Å². The molecule has 1 aliphatic heterocycles. The molecule has 0 saturated carbocycles. The highest BCUT2D eigenvalue weighted by atomic mass is 16.2. The van der Waals surface area contributed by atoms with Gasteiger partial charge < -0.3 is 20.1 Å². The molecular weight excluding hydrogens is 308 g/mol. The number of carbonyl (C=O) groups excluding carboxylic acids is 2. The van der Waals surface area contributed by atoms with E-state index in [1.165, 1.54) is 0 Å². The van der Waals surface area contributed by atoms with Gasteiger partial charge in [-0.15, -0.1) is 0 Å². The topological polar surface area (TPSA) is 92.2 Å². The fraction of sp³-hybridized carbons (Fsp3) is 0.375. The van der Waals surface area contributed by atoms with E-state index < -0.39 is 0 Å². The molecule has 3 heterocycles. The Morgan fingerprint density at radius 2 is 2.21 bits per heavy atom. The van der Waals surface area contributed by atoms with E-state index in [1.54, 1.807) is 35.5 Å². The van der Waals surface area contributed by atoms with Crippen molar-refractivity contribution in [2.24, 2.45) is 7.05 Å². The van der Waals surface area contributed by atoms with Crippen LogP contribution in [0.15, 0.2) is 36.8 Å². The van der Waals surface area contributed by atoms with Gasteiger partial charge in [-0.2, -0.15) is 0 Å². The van der Waals surface area contributed by atoms with Crippen molar-refractivity contribution in [3.05, 3.63) is 48.3 Å². The molecule has 0 bridgehead atoms. The maximum atomic E-state index is 12.6. The number of aryl methyl sites for hydroxylation is 1. The number of nitrogens with zero attached hydrogens (tertiary/aromatic N) is 4. The lowest BCUT2D eigenvalue weighted by atomic mass is 10.1. The first-order valence-electron chi connectivity index (χ1n) is 7.83. The molecule has 0 aliphatic carbocycles. The third-order valence-electron chi connectivity index (χ3n) is 4.02. The first-order valence-corrected chi connectivity index (χ1v) is 7.83. The Balaban J connectivity index is 1.64. The van der Waals surface area contributed by atoms with Crippen molar-refractivity contribution in [3.63, 3.8) is 0 Å². The van der Waals surface area contributed by atoms with Crippen molar-refractivity contribution in [1.82, 2.24) is 30.1 Å². The second-order valence-corrected chi connectivity index (χ2v) is 5.60. The Morgan fingerprint density at radius 3 is 2.92 bits per heavy atom. The minimum Gasteiger partial charge on any atom is -0.342 e. The smallest absolute Gasteiger partial charge is 0.270 e. The Kier molecular flexibility index (Phi) is 4.85. The number of aromatic nitrogens is 3. The van der Waals surface area contributed by atoms with Crippen LogP contribution < -0.4 is 10.6 Å². The van der Waals surface area contributed by atoms with E-state index in [9.17, 15) is 9.59 Å². The van der Waals surface area contributed by atoms with Gasteiger partial charge in [-0.25, -0.2) is 4.98 Å². The number of imidazole rings is 1. The first kappa shape index (κ1) is 16.1. The fourth-order valence-electron chi connectivity index (χ4n) is 2.78. The van der Waals surface area contributed by atoms with E-state index >= 15 is 0 Å². The second-order valence-electron chi connectivity index (χ2n) is 5.60. The van der Waals surface area contributed by atoms with Crippen molar-refractivity contribution < 1.29 is 9.59 Å². The lowest BCUT2D eigenvalue weighted by Gasteiger charge is -2.35. The maximum Gasteiger partial charge on any atom is 0.270 e. The number of nitrogens with one attached hydrogen (secondary N) is 2. The summed E-state index contributed by atoms with van der Waals surface area (Å²) in [6.45, 7) is 1.89. The molecule has 1 atom stereocenters. The summed E-state index contributed by atoms with van der Waals surface area (Å²) >= 11 is 0. The molecule has 126 valence electrons. The highest BCUT2D eigenvalue weighted by Crippen LogP contribution is 2.20. The lowest BCUT2D eigenvalue weighted by Crippen LogP contribution is -2.52. The molecule has 24 heavy (non-hydrogen) atoms. The van der Waals surface area contributed by atoms with Crippen LogP contribution in [0.25, 0.3) is 0 Å². The van der Waals surface area contributed by atoms with Crippen molar-refractivity contribution in [1.29, 1.82) is 0 Å². The average molecular weight is 328 g/mol. The molecular formula is C16H20N6O2. The minimum atomic E-state index is -0.354. The minimum absolute atomic E-state index is 0.0592. The van der Waals surface area contributed by atoms with Gasteiger partial charge in [0.25, 0.3) is 5.91 Å². The molecule has 0 aromatic carbocycles. The predicted molar refractivity (Wildman–Crippen MR) is 87.1 cm³/mol. The molecule has 2 aromatic rings. The van der Waals surface area contributed by atoms with E-state index in [2.05, 4.69) is 20.6 Å². The molecule has 1 unspecified atom stereocenters. The molecule has 8 heteroatoms. The Labute approximate surface area is 139 Å². The maximum absolute atomic E-state index is 12.6. The molecule has 3 rings (SSSR count). The summed E-state index contributed by atoms with van der Waals surface area (Å²) in [4.78, 5) is 34.7. The van der Waals surface area contributed by atoms with Gasteiger partial charge in [0.15, 0.2) is 0 Å². The summed E-state index contributed by atoms with van der Waals surface area (Å²) < 4.78 is 1.91. The van der Waals surface area contributed by atoms with Crippen LogP contribution >= 0.6 is 0 Å². The van der Waals surface area contributed by atoms with Crippen LogP contribution in [0.5, 0.6) is 0 Å². The number of pyridine rings is 1. The molecule has 0 radical (unpaired) electrons. The standard InChI is InChI=1S/C16H20N6O2/c1-21-8-7-19-15(21)13-10-17-6-9-22(13)14(23)11-20-16(24)12-4-2-3-5-18-12/h2-5,7-8,13,17H,6,9-11H2,1H3,(H,20,24). The van der Waals surface area contributed by atoms with Gasteiger partial charge in [0.1, 0.15) is 17.6 Å². The summed E-state index contributed by atoms with van der Waals surface area (Å²) in [6.07, 6.45) is 5.12. The van der Waals surface area contributed by atoms with Gasteiger partial charge in [0, 0.05) is 45.3 Å². The summed E-state index contributed by atoms with van der Waals surface area (Å²) in [7, 11) is 1.91. The molecule has 1 saturated heterocycles. The molecule has 8 nitrogen and oxygen atoms in total. The van der Waals surface area contributed by atoms with Gasteiger partial charge in [-0.3, -0.25) is 14.6 Å². The van der Waals surface area contributed by atoms with E-state index in [0.29, 0.717) is 18.8 Å². The van der Waals surface area contributed by atoms with Gasteiger partial charge >= 0.3 is 0 Å². The summed E-state index contributed by atoms with van der Waals surface area (Å²) in [5.41, 5.74) is 0.297. The van der Waals surface area contributed by atoms with Gasteiger partial charge in [0.2, 0.25) is 5.91 Å². The van der Waals surface area contributed by atoms with E-state index in [0.717, 1.165) is 12.4 Å². The number of hydrogen-bond donors (Lipinski definition) is 2. The zero-order chi connectivity index (χ0) is 16.9. The number of amides is 2. The summed E-state index contributed by atoms with van der Waals surface area (Å²) in [5, 5.41) is 5.92. The lowest BCUT2D eigenvalue weighted by molar-refractivity contribution is -0.133. The van der Waals surface area contributed by atoms with E-state index in [1.807, 2.05) is 17.8 Å².